The summed E-state index contributed by atoms with van der Waals surface area (Å²) >= 11 is 1.74. The molecule has 1 aromatic heterocycles. The second-order valence-corrected chi connectivity index (χ2v) is 6.72. The van der Waals surface area contributed by atoms with E-state index in [1.165, 1.54) is 21.4 Å². The van der Waals surface area contributed by atoms with Gasteiger partial charge in [-0.2, -0.15) is 0 Å². The molecule has 0 aliphatic carbocycles. The Kier molecular flexibility index (Phi) is 3.36. The lowest BCUT2D eigenvalue weighted by molar-refractivity contribution is 1.44. The molecule has 0 radical (unpaired) electrons. The van der Waals surface area contributed by atoms with E-state index in [0.29, 0.717) is 0 Å². The highest BCUT2D eigenvalue weighted by atomic mass is 32.1. The van der Waals surface area contributed by atoms with Gasteiger partial charge in [0.15, 0.2) is 0 Å². The molecule has 4 rings (SSSR count). The highest BCUT2D eigenvalue weighted by Gasteiger charge is 2.07. The van der Waals surface area contributed by atoms with E-state index < -0.39 is 0 Å². The van der Waals surface area contributed by atoms with E-state index in [2.05, 4.69) is 49.4 Å². The number of nitrogens with zero attached hydrogens (tertiary/aromatic N) is 1. The maximum absolute atomic E-state index is 5.75. The first kappa shape index (κ1) is 14.0. The fourth-order valence-electron chi connectivity index (χ4n) is 2.64. The standard InChI is InChI=1S/C20H16N2S/c1-13-2-11-19-18(12-13)22-20(23-19)16-5-3-14(4-6-16)15-7-9-17(21)10-8-15/h2-12H,21H2,1H3. The largest absolute Gasteiger partial charge is 0.399 e. The van der Waals surface area contributed by atoms with Crippen LogP contribution in [0.1, 0.15) is 5.56 Å². The first-order chi connectivity index (χ1) is 11.2. The quantitative estimate of drug-likeness (QED) is 0.494. The molecular formula is C20H16N2S. The van der Waals surface area contributed by atoms with E-state index in [0.717, 1.165) is 21.8 Å². The molecule has 0 aliphatic rings. The van der Waals surface area contributed by atoms with Gasteiger partial charge in [-0.25, -0.2) is 4.98 Å². The van der Waals surface area contributed by atoms with E-state index >= 15 is 0 Å². The van der Waals surface area contributed by atoms with Crippen molar-refractivity contribution in [2.24, 2.45) is 0 Å². The summed E-state index contributed by atoms with van der Waals surface area (Å²) in [5, 5.41) is 1.06. The van der Waals surface area contributed by atoms with Crippen molar-refractivity contribution in [3.8, 4) is 21.7 Å². The first-order valence-corrected chi connectivity index (χ1v) is 8.34. The molecule has 2 N–H and O–H groups in total. The van der Waals surface area contributed by atoms with Crippen molar-refractivity contribution in [3.63, 3.8) is 0 Å². The number of thiazole rings is 1. The Balaban J connectivity index is 1.70. The molecule has 0 saturated heterocycles. The molecule has 0 fully saturated rings. The predicted molar refractivity (Wildman–Crippen MR) is 99.6 cm³/mol. The number of anilines is 1. The molecular weight excluding hydrogens is 300 g/mol. The average molecular weight is 316 g/mol. The van der Waals surface area contributed by atoms with E-state index in [-0.39, 0.29) is 0 Å². The second kappa shape index (κ2) is 5.52. The summed E-state index contributed by atoms with van der Waals surface area (Å²) in [5.41, 5.74) is 12.4. The van der Waals surface area contributed by atoms with Gasteiger partial charge in [-0.3, -0.25) is 0 Å². The maximum Gasteiger partial charge on any atom is 0.124 e. The molecule has 0 spiro atoms. The fraction of sp³-hybridized carbons (Fsp3) is 0.0500. The first-order valence-electron chi connectivity index (χ1n) is 7.52. The maximum atomic E-state index is 5.75. The zero-order chi connectivity index (χ0) is 15.8. The van der Waals surface area contributed by atoms with Gasteiger partial charge in [-0.1, -0.05) is 42.5 Å². The summed E-state index contributed by atoms with van der Waals surface area (Å²) in [6.45, 7) is 2.10. The van der Waals surface area contributed by atoms with Gasteiger partial charge in [0.2, 0.25) is 0 Å². The molecule has 4 aromatic rings. The van der Waals surface area contributed by atoms with Crippen molar-refractivity contribution in [2.45, 2.75) is 6.92 Å². The van der Waals surface area contributed by atoms with E-state index in [1.807, 2.05) is 24.3 Å². The average Bonchev–Trinajstić information content (AvgIpc) is 2.99. The number of rotatable bonds is 2. The van der Waals surface area contributed by atoms with Crippen molar-refractivity contribution < 1.29 is 0 Å². The van der Waals surface area contributed by atoms with Crippen LogP contribution in [0.2, 0.25) is 0 Å². The van der Waals surface area contributed by atoms with Crippen molar-refractivity contribution >= 4 is 27.2 Å². The minimum absolute atomic E-state index is 0.787. The summed E-state index contributed by atoms with van der Waals surface area (Å²) in [4.78, 5) is 4.76. The third kappa shape index (κ3) is 2.71. The van der Waals surface area contributed by atoms with Crippen LogP contribution in [-0.2, 0) is 0 Å². The monoisotopic (exact) mass is 316 g/mol. The molecule has 0 aliphatic heterocycles. The van der Waals surface area contributed by atoms with Gasteiger partial charge in [-0.05, 0) is 47.9 Å². The van der Waals surface area contributed by atoms with Crippen molar-refractivity contribution in [3.05, 3.63) is 72.3 Å². The lowest BCUT2D eigenvalue weighted by Gasteiger charge is -2.03. The van der Waals surface area contributed by atoms with Crippen molar-refractivity contribution in [1.82, 2.24) is 4.98 Å². The molecule has 3 heteroatoms. The van der Waals surface area contributed by atoms with Crippen LogP contribution >= 0.6 is 11.3 Å². The van der Waals surface area contributed by atoms with Gasteiger partial charge in [0.05, 0.1) is 10.2 Å². The Bertz CT molecular complexity index is 967. The van der Waals surface area contributed by atoms with Crippen LogP contribution < -0.4 is 5.73 Å². The van der Waals surface area contributed by atoms with Gasteiger partial charge < -0.3 is 5.73 Å². The molecule has 0 saturated carbocycles. The van der Waals surface area contributed by atoms with Crippen LogP contribution in [0.15, 0.2) is 66.7 Å². The number of aromatic nitrogens is 1. The van der Waals surface area contributed by atoms with Gasteiger partial charge >= 0.3 is 0 Å². The topological polar surface area (TPSA) is 38.9 Å². The van der Waals surface area contributed by atoms with Gasteiger partial charge in [0.1, 0.15) is 5.01 Å². The minimum atomic E-state index is 0.787. The number of fused-ring (bicyclic) bond motifs is 1. The zero-order valence-electron chi connectivity index (χ0n) is 12.8. The predicted octanol–water partition coefficient (Wildman–Crippen LogP) is 5.52. The number of nitrogens with two attached hydrogens (primary N) is 1. The third-order valence-electron chi connectivity index (χ3n) is 3.92. The Morgan fingerprint density at radius 2 is 1.39 bits per heavy atom. The third-order valence-corrected chi connectivity index (χ3v) is 5.00. The highest BCUT2D eigenvalue weighted by Crippen LogP contribution is 2.32. The van der Waals surface area contributed by atoms with Crippen LogP contribution in [0.25, 0.3) is 31.9 Å². The number of benzene rings is 3. The number of hydrogen-bond acceptors (Lipinski definition) is 3. The van der Waals surface area contributed by atoms with Crippen molar-refractivity contribution in [1.29, 1.82) is 0 Å². The molecule has 1 heterocycles. The summed E-state index contributed by atoms with van der Waals surface area (Å²) in [6, 6.07) is 22.9. The van der Waals surface area contributed by atoms with Crippen LogP contribution in [-0.4, -0.2) is 4.98 Å². The van der Waals surface area contributed by atoms with Gasteiger partial charge in [-0.15, -0.1) is 11.3 Å². The summed E-state index contributed by atoms with van der Waals surface area (Å²) in [5.74, 6) is 0. The number of aryl methyl sites for hydroxylation is 1. The fourth-order valence-corrected chi connectivity index (χ4v) is 3.59. The second-order valence-electron chi connectivity index (χ2n) is 5.69. The summed E-state index contributed by atoms with van der Waals surface area (Å²) < 4.78 is 1.23. The smallest absolute Gasteiger partial charge is 0.124 e. The van der Waals surface area contributed by atoms with Gasteiger partial charge in [0, 0.05) is 11.3 Å². The zero-order valence-corrected chi connectivity index (χ0v) is 13.6. The normalized spacial score (nSPS) is 11.0. The molecule has 2 nitrogen and oxygen atoms in total. The Morgan fingerprint density at radius 1 is 0.783 bits per heavy atom. The van der Waals surface area contributed by atoms with Gasteiger partial charge in [0.25, 0.3) is 0 Å². The molecule has 23 heavy (non-hydrogen) atoms. The van der Waals surface area contributed by atoms with Crippen LogP contribution in [0.5, 0.6) is 0 Å². The van der Waals surface area contributed by atoms with Crippen LogP contribution in [0.4, 0.5) is 5.69 Å². The molecule has 3 aromatic carbocycles. The molecule has 0 unspecified atom stereocenters. The molecule has 0 amide bonds. The van der Waals surface area contributed by atoms with E-state index in [9.17, 15) is 0 Å². The Labute approximate surface area is 139 Å². The highest BCUT2D eigenvalue weighted by molar-refractivity contribution is 7.21. The Hall–Kier alpha value is -2.65. The SMILES string of the molecule is Cc1ccc2sc(-c3ccc(-c4ccc(N)cc4)cc3)nc2c1. The summed E-state index contributed by atoms with van der Waals surface area (Å²) in [6.07, 6.45) is 0. The minimum Gasteiger partial charge on any atom is -0.399 e. The van der Waals surface area contributed by atoms with E-state index in [4.69, 9.17) is 10.7 Å². The molecule has 0 atom stereocenters. The Morgan fingerprint density at radius 3 is 2.09 bits per heavy atom. The number of nitrogen functional groups attached to an aromatic ring is 1. The number of hydrogen-bond donors (Lipinski definition) is 1. The summed E-state index contributed by atoms with van der Waals surface area (Å²) in [7, 11) is 0. The molecule has 0 bridgehead atoms. The van der Waals surface area contributed by atoms with E-state index in [1.54, 1.807) is 11.3 Å². The van der Waals surface area contributed by atoms with Crippen LogP contribution in [0, 0.1) is 6.92 Å². The van der Waals surface area contributed by atoms with Crippen molar-refractivity contribution in [2.75, 3.05) is 5.73 Å². The van der Waals surface area contributed by atoms with Crippen LogP contribution in [0.3, 0.4) is 0 Å². The lowest BCUT2D eigenvalue weighted by Crippen LogP contribution is -1.84. The molecule has 112 valence electrons. The lowest BCUT2D eigenvalue weighted by atomic mass is 10.0.